The summed E-state index contributed by atoms with van der Waals surface area (Å²) in [5.74, 6) is 1.70. The lowest BCUT2D eigenvalue weighted by molar-refractivity contribution is 0.0936. The zero-order chi connectivity index (χ0) is 51.7. The van der Waals surface area contributed by atoms with Gasteiger partial charge in [-0.3, -0.25) is 33.6 Å². The van der Waals surface area contributed by atoms with E-state index in [0.29, 0.717) is 33.2 Å². The number of thiophene rings is 1. The number of methoxy groups -OCH3 is 1. The third-order valence-corrected chi connectivity index (χ3v) is 10.4. The number of ether oxygens (including phenoxy) is 1. The van der Waals surface area contributed by atoms with E-state index in [0.717, 1.165) is 28.0 Å². The van der Waals surface area contributed by atoms with E-state index in [2.05, 4.69) is 0 Å². The van der Waals surface area contributed by atoms with Crippen LogP contribution in [0.25, 0.3) is 0 Å². The number of hydrogen-bond donors (Lipinski definition) is 0. The molecule has 0 unspecified atom stereocenters. The molecule has 69 heavy (non-hydrogen) atoms. The summed E-state index contributed by atoms with van der Waals surface area (Å²) in [7, 11) is 1.60. The molecule has 0 amide bonds. The van der Waals surface area contributed by atoms with Gasteiger partial charge in [-0.05, 0) is 107 Å². The van der Waals surface area contributed by atoms with E-state index in [1.54, 1.807) is 112 Å². The van der Waals surface area contributed by atoms with Crippen molar-refractivity contribution in [3.05, 3.63) is 230 Å². The van der Waals surface area contributed by atoms with Crippen LogP contribution in [-0.4, -0.2) is 47.6 Å². The van der Waals surface area contributed by atoms with E-state index in [-0.39, 0.29) is 46.4 Å². The van der Waals surface area contributed by atoms with Crippen LogP contribution in [0.2, 0.25) is 10.0 Å². The average molecular weight is 988 g/mol. The van der Waals surface area contributed by atoms with Crippen molar-refractivity contribution in [1.29, 1.82) is 0 Å². The maximum Gasteiger partial charge on any atom is 0.165 e. The first-order valence-electron chi connectivity index (χ1n) is 21.8. The minimum Gasteiger partial charge on any atom is -0.497 e. The molecule has 1 aromatic heterocycles. The molecular formula is C58H60Cl2O8S. The maximum atomic E-state index is 11.3. The molecule has 1 heterocycles. The molecule has 0 atom stereocenters. The van der Waals surface area contributed by atoms with Crippen molar-refractivity contribution in [3.8, 4) is 5.75 Å². The third kappa shape index (κ3) is 25.7. The Hall–Kier alpha value is -6.91. The van der Waals surface area contributed by atoms with Crippen molar-refractivity contribution in [2.24, 2.45) is 5.92 Å². The molecule has 7 rings (SSSR count). The summed E-state index contributed by atoms with van der Waals surface area (Å²) >= 11 is 12.9. The van der Waals surface area contributed by atoms with Gasteiger partial charge in [0.05, 0.1) is 12.1 Å². The standard InChI is InChI=1S/C10H12O.C9H10O2.C9H10O.2C8H7ClO.C8H8O.C6H6OS/c1-8(2)10(11)9-6-4-3-5-7-9;1-7(10)8-3-5-9(11-2)6-4-8;1-2-9(10)8-6-4-3-5-7-8;1-6(10)7-2-4-8(9)5-3-7;1-6(10)7-4-2-3-5-8(7)9;1-7(9)8-5-3-2-4-6-8;1-5(7)6-2-3-8-4-6/h3-8H,1-2H3;3-6H,1-2H3;3-7H,2H2,1H3;2*2-5H,1H3;2-6H,1H3;2-4H,1H3. The van der Waals surface area contributed by atoms with Crippen LogP contribution in [0.5, 0.6) is 5.75 Å². The molecule has 0 saturated carbocycles. The Morgan fingerprint density at radius 1 is 0.464 bits per heavy atom. The second-order valence-electron chi connectivity index (χ2n) is 14.9. The fraction of sp³-hybridized carbons (Fsp3) is 0.190. The summed E-state index contributed by atoms with van der Waals surface area (Å²) in [6.07, 6.45) is 0.587. The fourth-order valence-corrected chi connectivity index (χ4v) is 6.25. The summed E-state index contributed by atoms with van der Waals surface area (Å²) in [5, 5.41) is 4.93. The quantitative estimate of drug-likeness (QED) is 0.124. The summed E-state index contributed by atoms with van der Waals surface area (Å²) < 4.78 is 4.94. The lowest BCUT2D eigenvalue weighted by Crippen LogP contribution is -2.06. The molecule has 8 nitrogen and oxygen atoms in total. The van der Waals surface area contributed by atoms with Crippen molar-refractivity contribution in [3.63, 3.8) is 0 Å². The Morgan fingerprint density at radius 2 is 0.855 bits per heavy atom. The topological polar surface area (TPSA) is 129 Å². The lowest BCUT2D eigenvalue weighted by atomic mass is 10.0. The molecule has 7 aromatic rings. The van der Waals surface area contributed by atoms with E-state index in [1.807, 2.05) is 129 Å². The van der Waals surface area contributed by atoms with Crippen molar-refractivity contribution in [2.45, 2.75) is 61.8 Å². The largest absolute Gasteiger partial charge is 0.497 e. The van der Waals surface area contributed by atoms with Crippen molar-refractivity contribution >= 4 is 75.0 Å². The molecule has 0 aliphatic heterocycles. The molecule has 0 spiro atoms. The van der Waals surface area contributed by atoms with Gasteiger partial charge in [0, 0.05) is 61.7 Å². The van der Waals surface area contributed by atoms with Crippen LogP contribution in [0.15, 0.2) is 181 Å². The first kappa shape index (κ1) is 60.1. The monoisotopic (exact) mass is 986 g/mol. The van der Waals surface area contributed by atoms with Gasteiger partial charge in [-0.25, -0.2) is 0 Å². The Bertz CT molecular complexity index is 2610. The van der Waals surface area contributed by atoms with Crippen molar-refractivity contribution in [1.82, 2.24) is 0 Å². The highest BCUT2D eigenvalue weighted by atomic mass is 35.5. The summed E-state index contributed by atoms with van der Waals surface area (Å²) in [5.41, 5.74) is 5.21. The van der Waals surface area contributed by atoms with Gasteiger partial charge in [-0.2, -0.15) is 11.3 Å². The number of hydrogen-bond acceptors (Lipinski definition) is 9. The number of rotatable bonds is 10. The van der Waals surface area contributed by atoms with E-state index < -0.39 is 0 Å². The van der Waals surface area contributed by atoms with Gasteiger partial charge >= 0.3 is 0 Å². The molecular weight excluding hydrogens is 928 g/mol. The van der Waals surface area contributed by atoms with Crippen LogP contribution in [0.1, 0.15) is 134 Å². The Morgan fingerprint density at radius 3 is 1.17 bits per heavy atom. The first-order chi connectivity index (χ1) is 32.8. The minimum absolute atomic E-state index is 0.00519. The summed E-state index contributed by atoms with van der Waals surface area (Å²) in [6, 6.07) is 50.7. The number of ketones is 7. The normalized spacial score (nSPS) is 9.39. The fourth-order valence-electron chi connectivity index (χ4n) is 5.16. The number of carbonyl (C=O) groups is 7. The van der Waals surface area contributed by atoms with E-state index >= 15 is 0 Å². The van der Waals surface area contributed by atoms with Gasteiger partial charge in [-0.1, -0.05) is 147 Å². The smallest absolute Gasteiger partial charge is 0.165 e. The van der Waals surface area contributed by atoms with Gasteiger partial charge in [-0.15, -0.1) is 0 Å². The summed E-state index contributed by atoms with van der Waals surface area (Å²) in [6.45, 7) is 13.4. The van der Waals surface area contributed by atoms with Gasteiger partial charge in [0.2, 0.25) is 0 Å². The number of Topliss-reactive ketones (excluding diaryl/α,β-unsaturated/α-hetero) is 7. The zero-order valence-electron chi connectivity index (χ0n) is 40.5. The Kier molecular flexibility index (Phi) is 30.0. The second-order valence-corrected chi connectivity index (χ2v) is 16.5. The van der Waals surface area contributed by atoms with Gasteiger partial charge in [0.15, 0.2) is 40.5 Å². The molecule has 0 radical (unpaired) electrons. The first-order valence-corrected chi connectivity index (χ1v) is 23.5. The predicted octanol–water partition coefficient (Wildman–Crippen LogP) is 15.6. The van der Waals surface area contributed by atoms with Crippen LogP contribution in [-0.2, 0) is 0 Å². The van der Waals surface area contributed by atoms with Gasteiger partial charge < -0.3 is 4.74 Å². The number of benzene rings is 6. The van der Waals surface area contributed by atoms with Gasteiger partial charge in [0.1, 0.15) is 5.75 Å². The van der Waals surface area contributed by atoms with Crippen molar-refractivity contribution < 1.29 is 38.3 Å². The molecule has 0 aliphatic rings. The van der Waals surface area contributed by atoms with Gasteiger partial charge in [0.25, 0.3) is 0 Å². The molecule has 6 aromatic carbocycles. The molecule has 0 bridgehead atoms. The SMILES string of the molecule is CC(=O)c1ccc(Cl)cc1.CC(=O)c1ccccc1.CC(=O)c1ccccc1Cl.CC(=O)c1ccsc1.CC(C)C(=O)c1ccccc1.CCC(=O)c1ccccc1.COc1ccc(C(C)=O)cc1. The van der Waals surface area contributed by atoms with E-state index in [9.17, 15) is 33.6 Å². The van der Waals surface area contributed by atoms with Crippen LogP contribution < -0.4 is 4.74 Å². The maximum absolute atomic E-state index is 11.3. The Balaban J connectivity index is 0.000000403. The highest BCUT2D eigenvalue weighted by molar-refractivity contribution is 7.08. The van der Waals surface area contributed by atoms with E-state index in [4.69, 9.17) is 27.9 Å². The van der Waals surface area contributed by atoms with E-state index in [1.165, 1.54) is 13.8 Å². The highest BCUT2D eigenvalue weighted by Gasteiger charge is 2.08. The molecule has 0 fully saturated rings. The summed E-state index contributed by atoms with van der Waals surface area (Å²) in [4.78, 5) is 75.8. The molecule has 0 N–H and O–H groups in total. The van der Waals surface area contributed by atoms with Crippen LogP contribution in [0.4, 0.5) is 0 Å². The molecule has 0 aliphatic carbocycles. The zero-order valence-corrected chi connectivity index (χ0v) is 42.9. The molecule has 0 saturated heterocycles. The minimum atomic E-state index is 0.00519. The van der Waals surface area contributed by atoms with Crippen LogP contribution in [0, 0.1) is 5.92 Å². The predicted molar refractivity (Wildman–Crippen MR) is 283 cm³/mol. The van der Waals surface area contributed by atoms with Crippen LogP contribution in [0.3, 0.4) is 0 Å². The Labute approximate surface area is 421 Å². The average Bonchev–Trinajstić information content (AvgIpc) is 3.92. The third-order valence-electron chi connectivity index (χ3n) is 9.11. The highest BCUT2D eigenvalue weighted by Crippen LogP contribution is 2.15. The number of carbonyl (C=O) groups excluding carboxylic acids is 7. The van der Waals surface area contributed by atoms with Crippen molar-refractivity contribution in [2.75, 3.05) is 7.11 Å². The van der Waals surface area contributed by atoms with Crippen LogP contribution >= 0.6 is 34.5 Å². The second kappa shape index (κ2) is 34.4. The molecule has 11 heteroatoms. The molecule has 360 valence electrons. The lowest BCUT2D eigenvalue weighted by Gasteiger charge is -2.01. The number of halogens is 2.